The van der Waals surface area contributed by atoms with Crippen molar-refractivity contribution in [1.82, 2.24) is 14.9 Å². The third-order valence-electron chi connectivity index (χ3n) is 4.38. The molecule has 2 heterocycles. The largest absolute Gasteiger partial charge is 0.484 e. The van der Waals surface area contributed by atoms with Gasteiger partial charge in [-0.05, 0) is 44.9 Å². The number of ether oxygens (including phenoxy) is 1. The Balaban J connectivity index is 1.74. The molecule has 1 atom stereocenters. The summed E-state index contributed by atoms with van der Waals surface area (Å²) in [6.07, 6.45) is 3.41. The van der Waals surface area contributed by atoms with Gasteiger partial charge in [-0.15, -0.1) is 0 Å². The molecule has 1 unspecified atom stereocenters. The van der Waals surface area contributed by atoms with Crippen molar-refractivity contribution in [2.75, 3.05) is 13.2 Å². The quantitative estimate of drug-likeness (QED) is 0.865. The zero-order chi connectivity index (χ0) is 17.2. The van der Waals surface area contributed by atoms with Crippen LogP contribution in [0.3, 0.4) is 0 Å². The fourth-order valence-electron chi connectivity index (χ4n) is 3.08. The smallest absolute Gasteiger partial charge is 0.261 e. The van der Waals surface area contributed by atoms with Gasteiger partial charge in [-0.1, -0.05) is 6.07 Å². The van der Waals surface area contributed by atoms with E-state index in [9.17, 15) is 9.18 Å². The summed E-state index contributed by atoms with van der Waals surface area (Å²) in [5.74, 6) is 0.457. The molecular weight excluding hydrogens is 309 g/mol. The first-order valence-electron chi connectivity index (χ1n) is 7.98. The topological polar surface area (TPSA) is 55.3 Å². The van der Waals surface area contributed by atoms with E-state index in [1.165, 1.54) is 12.1 Å². The summed E-state index contributed by atoms with van der Waals surface area (Å²) in [4.78, 5) is 23.2. The highest BCUT2D eigenvalue weighted by Crippen LogP contribution is 2.36. The predicted octanol–water partition coefficient (Wildman–Crippen LogP) is 2.84. The first kappa shape index (κ1) is 16.4. The fraction of sp³-hybridized carbons (Fsp3) is 0.389. The van der Waals surface area contributed by atoms with E-state index in [0.29, 0.717) is 18.1 Å². The van der Waals surface area contributed by atoms with Crippen molar-refractivity contribution in [1.29, 1.82) is 0 Å². The Morgan fingerprint density at radius 3 is 3.00 bits per heavy atom. The Kier molecular flexibility index (Phi) is 4.46. The number of hydrogen-bond acceptors (Lipinski definition) is 4. The van der Waals surface area contributed by atoms with E-state index in [4.69, 9.17) is 4.74 Å². The first-order chi connectivity index (χ1) is 11.5. The maximum Gasteiger partial charge on any atom is 0.261 e. The number of nitrogens with zero attached hydrogens (tertiary/aromatic N) is 3. The lowest BCUT2D eigenvalue weighted by Crippen LogP contribution is -2.46. The Hall–Kier alpha value is -2.50. The lowest BCUT2D eigenvalue weighted by molar-refractivity contribution is -0.137. The molecule has 1 amide bonds. The Bertz CT molecular complexity index is 753. The fourth-order valence-corrected chi connectivity index (χ4v) is 3.08. The molecule has 1 aliphatic rings. The third kappa shape index (κ3) is 3.22. The lowest BCUT2D eigenvalue weighted by atomic mass is 9.97. The van der Waals surface area contributed by atoms with E-state index >= 15 is 0 Å². The number of hydrogen-bond donors (Lipinski definition) is 0. The van der Waals surface area contributed by atoms with Gasteiger partial charge in [0, 0.05) is 24.5 Å². The number of likely N-dealkylation sites (tertiary alicyclic amines) is 1. The van der Waals surface area contributed by atoms with Crippen LogP contribution >= 0.6 is 0 Å². The SMILES string of the molecule is Cc1ccnc(C2(C)CCCN2C(=O)COc2cccc(F)c2)n1. The summed E-state index contributed by atoms with van der Waals surface area (Å²) in [7, 11) is 0. The second-order valence-corrected chi connectivity index (χ2v) is 6.19. The second-order valence-electron chi connectivity index (χ2n) is 6.19. The van der Waals surface area contributed by atoms with Gasteiger partial charge in [0.15, 0.2) is 12.4 Å². The van der Waals surface area contributed by atoms with Crippen molar-refractivity contribution in [3.8, 4) is 5.75 Å². The summed E-state index contributed by atoms with van der Waals surface area (Å²) in [5, 5.41) is 0. The normalized spacial score (nSPS) is 20.2. The molecule has 0 bridgehead atoms. The van der Waals surface area contributed by atoms with E-state index in [1.54, 1.807) is 23.2 Å². The van der Waals surface area contributed by atoms with Gasteiger partial charge in [0.2, 0.25) is 0 Å². The van der Waals surface area contributed by atoms with Crippen LogP contribution in [-0.4, -0.2) is 33.9 Å². The molecule has 1 aromatic heterocycles. The highest BCUT2D eigenvalue weighted by atomic mass is 19.1. The summed E-state index contributed by atoms with van der Waals surface area (Å²) < 4.78 is 18.6. The minimum atomic E-state index is -0.533. The van der Waals surface area contributed by atoms with Crippen LogP contribution in [0.1, 0.15) is 31.3 Å². The van der Waals surface area contributed by atoms with Crippen molar-refractivity contribution in [2.45, 2.75) is 32.2 Å². The average Bonchev–Trinajstić information content (AvgIpc) is 2.96. The molecule has 0 radical (unpaired) electrons. The number of aromatic nitrogens is 2. The molecule has 0 aliphatic carbocycles. The third-order valence-corrected chi connectivity index (χ3v) is 4.38. The molecule has 1 aliphatic heterocycles. The van der Waals surface area contributed by atoms with Crippen molar-refractivity contribution < 1.29 is 13.9 Å². The van der Waals surface area contributed by atoms with Crippen molar-refractivity contribution >= 4 is 5.91 Å². The van der Waals surface area contributed by atoms with Gasteiger partial charge in [-0.25, -0.2) is 14.4 Å². The molecule has 126 valence electrons. The van der Waals surface area contributed by atoms with Crippen LogP contribution in [0, 0.1) is 12.7 Å². The number of benzene rings is 1. The van der Waals surface area contributed by atoms with Gasteiger partial charge >= 0.3 is 0 Å². The van der Waals surface area contributed by atoms with E-state index in [1.807, 2.05) is 19.9 Å². The van der Waals surface area contributed by atoms with Crippen LogP contribution in [0.15, 0.2) is 36.5 Å². The Morgan fingerprint density at radius 2 is 2.25 bits per heavy atom. The predicted molar refractivity (Wildman–Crippen MR) is 87.0 cm³/mol. The molecule has 24 heavy (non-hydrogen) atoms. The number of aryl methyl sites for hydroxylation is 1. The van der Waals surface area contributed by atoms with Crippen molar-refractivity contribution in [2.24, 2.45) is 0 Å². The summed E-state index contributed by atoms with van der Waals surface area (Å²) in [6, 6.07) is 7.61. The molecule has 2 aromatic rings. The van der Waals surface area contributed by atoms with Gasteiger partial charge in [0.25, 0.3) is 5.91 Å². The zero-order valence-electron chi connectivity index (χ0n) is 13.8. The lowest BCUT2D eigenvalue weighted by Gasteiger charge is -2.33. The number of carbonyl (C=O) groups excluding carboxylic acids is 1. The van der Waals surface area contributed by atoms with Gasteiger partial charge in [0.05, 0.1) is 5.54 Å². The van der Waals surface area contributed by atoms with E-state index in [2.05, 4.69) is 9.97 Å². The number of halogens is 1. The Labute approximate surface area is 140 Å². The van der Waals surface area contributed by atoms with Gasteiger partial charge < -0.3 is 9.64 Å². The minimum Gasteiger partial charge on any atom is -0.484 e. The van der Waals surface area contributed by atoms with Gasteiger partial charge in [0.1, 0.15) is 11.6 Å². The molecule has 0 N–H and O–H groups in total. The first-order valence-corrected chi connectivity index (χ1v) is 7.98. The number of rotatable bonds is 4. The van der Waals surface area contributed by atoms with E-state index < -0.39 is 5.54 Å². The van der Waals surface area contributed by atoms with Gasteiger partial charge in [-0.2, -0.15) is 0 Å². The van der Waals surface area contributed by atoms with Crippen LogP contribution < -0.4 is 4.74 Å². The molecule has 3 rings (SSSR count). The number of amides is 1. The van der Waals surface area contributed by atoms with Crippen LogP contribution in [0.4, 0.5) is 4.39 Å². The highest BCUT2D eigenvalue weighted by Gasteiger charge is 2.43. The molecular formula is C18H20FN3O2. The maximum absolute atomic E-state index is 13.2. The van der Waals surface area contributed by atoms with E-state index in [-0.39, 0.29) is 18.3 Å². The van der Waals surface area contributed by atoms with Crippen LogP contribution in [0.25, 0.3) is 0 Å². The Morgan fingerprint density at radius 1 is 1.42 bits per heavy atom. The van der Waals surface area contributed by atoms with E-state index in [0.717, 1.165) is 18.5 Å². The van der Waals surface area contributed by atoms with Crippen LogP contribution in [0.2, 0.25) is 0 Å². The summed E-state index contributed by atoms with van der Waals surface area (Å²) in [6.45, 7) is 4.39. The highest BCUT2D eigenvalue weighted by molar-refractivity contribution is 5.79. The number of carbonyl (C=O) groups is 1. The molecule has 1 aromatic carbocycles. The monoisotopic (exact) mass is 329 g/mol. The molecule has 1 saturated heterocycles. The standard InChI is InChI=1S/C18H20FN3O2/c1-13-7-9-20-17(21-13)18(2)8-4-10-22(18)16(23)12-24-15-6-3-5-14(19)11-15/h3,5-7,9,11H,4,8,10,12H2,1-2H3. The molecule has 6 heteroatoms. The summed E-state index contributed by atoms with van der Waals surface area (Å²) >= 11 is 0. The minimum absolute atomic E-state index is 0.134. The zero-order valence-corrected chi connectivity index (χ0v) is 13.8. The molecule has 5 nitrogen and oxygen atoms in total. The van der Waals surface area contributed by atoms with Crippen molar-refractivity contribution in [3.05, 3.63) is 53.9 Å². The molecule has 1 fully saturated rings. The van der Waals surface area contributed by atoms with Gasteiger partial charge in [-0.3, -0.25) is 4.79 Å². The van der Waals surface area contributed by atoms with Crippen molar-refractivity contribution in [3.63, 3.8) is 0 Å². The van der Waals surface area contributed by atoms with Crippen LogP contribution in [-0.2, 0) is 10.3 Å². The average molecular weight is 329 g/mol. The summed E-state index contributed by atoms with van der Waals surface area (Å²) in [5.41, 5.74) is 0.338. The molecule has 0 saturated carbocycles. The second kappa shape index (κ2) is 6.55. The molecule has 0 spiro atoms. The maximum atomic E-state index is 13.2. The van der Waals surface area contributed by atoms with Crippen LogP contribution in [0.5, 0.6) is 5.75 Å².